The van der Waals surface area contributed by atoms with E-state index in [2.05, 4.69) is 22.0 Å². The van der Waals surface area contributed by atoms with Gasteiger partial charge in [0.25, 0.3) is 0 Å². The van der Waals surface area contributed by atoms with Crippen LogP contribution in [0.15, 0.2) is 15.9 Å². The minimum Gasteiger partial charge on any atom is -0.356 e. The van der Waals surface area contributed by atoms with Gasteiger partial charge in [0.1, 0.15) is 0 Å². The molecular weight excluding hydrogens is 240 g/mol. The molecule has 0 aliphatic rings. The number of hydrogen-bond donors (Lipinski definition) is 0. The molecule has 0 aromatic carbocycles. The molecule has 0 bridgehead atoms. The van der Waals surface area contributed by atoms with Crippen LogP contribution in [0, 0.1) is 0 Å². The Labute approximate surface area is 84.6 Å². The van der Waals surface area contributed by atoms with Crippen LogP contribution < -0.4 is 0 Å². The lowest BCUT2D eigenvalue weighted by Gasteiger charge is -2.11. The van der Waals surface area contributed by atoms with Crippen LogP contribution in [0.5, 0.6) is 0 Å². The third kappa shape index (κ3) is 2.86. The van der Waals surface area contributed by atoms with Crippen molar-refractivity contribution in [2.24, 2.45) is 0 Å². The molecule has 1 aromatic rings. The average Bonchev–Trinajstić information content (AvgIpc) is 2.47. The van der Waals surface area contributed by atoms with Gasteiger partial charge in [-0.3, -0.25) is 0 Å². The van der Waals surface area contributed by atoms with E-state index in [1.807, 2.05) is 6.07 Å². The standard InChI is InChI=1S/C8H11BrO2S/c1-10-8(11-2)5-6-3-4-7(9)12-6/h3-4,8H,5H2,1-2H3. The van der Waals surface area contributed by atoms with Crippen LogP contribution in [0.4, 0.5) is 0 Å². The molecule has 68 valence electrons. The topological polar surface area (TPSA) is 18.5 Å². The third-order valence-electron chi connectivity index (χ3n) is 1.52. The average molecular weight is 251 g/mol. The van der Waals surface area contributed by atoms with Gasteiger partial charge in [-0.2, -0.15) is 0 Å². The van der Waals surface area contributed by atoms with E-state index in [1.165, 1.54) is 4.88 Å². The summed E-state index contributed by atoms with van der Waals surface area (Å²) in [7, 11) is 3.30. The van der Waals surface area contributed by atoms with Gasteiger partial charge in [-0.1, -0.05) is 0 Å². The molecule has 0 saturated heterocycles. The molecule has 2 nitrogen and oxygen atoms in total. The van der Waals surface area contributed by atoms with Gasteiger partial charge in [0.2, 0.25) is 0 Å². The summed E-state index contributed by atoms with van der Waals surface area (Å²) in [4.78, 5) is 1.26. The predicted molar refractivity (Wildman–Crippen MR) is 53.5 cm³/mol. The van der Waals surface area contributed by atoms with Crippen molar-refractivity contribution in [3.05, 3.63) is 20.8 Å². The zero-order valence-corrected chi connectivity index (χ0v) is 9.44. The maximum absolute atomic E-state index is 5.08. The molecule has 0 radical (unpaired) electrons. The molecule has 4 heteroatoms. The van der Waals surface area contributed by atoms with Gasteiger partial charge in [-0.25, -0.2) is 0 Å². The SMILES string of the molecule is COC(Cc1ccc(Br)s1)OC. The van der Waals surface area contributed by atoms with Crippen LogP contribution in [-0.2, 0) is 15.9 Å². The van der Waals surface area contributed by atoms with E-state index in [4.69, 9.17) is 9.47 Å². The zero-order chi connectivity index (χ0) is 8.97. The van der Waals surface area contributed by atoms with Gasteiger partial charge in [0.15, 0.2) is 6.29 Å². The summed E-state index contributed by atoms with van der Waals surface area (Å²) in [5.74, 6) is 0. The van der Waals surface area contributed by atoms with Crippen molar-refractivity contribution >= 4 is 27.3 Å². The lowest BCUT2D eigenvalue weighted by molar-refractivity contribution is -0.0998. The van der Waals surface area contributed by atoms with Crippen LogP contribution >= 0.6 is 27.3 Å². The Bertz CT molecular complexity index is 233. The second-order valence-electron chi connectivity index (χ2n) is 2.31. The van der Waals surface area contributed by atoms with Crippen LogP contribution in [0.25, 0.3) is 0 Å². The molecule has 1 aromatic heterocycles. The third-order valence-corrected chi connectivity index (χ3v) is 3.17. The number of methoxy groups -OCH3 is 2. The fourth-order valence-corrected chi connectivity index (χ4v) is 2.39. The highest BCUT2D eigenvalue weighted by Gasteiger charge is 2.07. The van der Waals surface area contributed by atoms with Crippen molar-refractivity contribution in [3.63, 3.8) is 0 Å². The van der Waals surface area contributed by atoms with Crippen LogP contribution in [0.3, 0.4) is 0 Å². The fraction of sp³-hybridized carbons (Fsp3) is 0.500. The van der Waals surface area contributed by atoms with Gasteiger partial charge in [0.05, 0.1) is 3.79 Å². The molecule has 0 fully saturated rings. The molecule has 1 rings (SSSR count). The largest absolute Gasteiger partial charge is 0.356 e. The van der Waals surface area contributed by atoms with Crippen LogP contribution in [0.1, 0.15) is 4.88 Å². The normalized spacial score (nSPS) is 11.0. The second kappa shape index (κ2) is 4.97. The molecule has 0 unspecified atom stereocenters. The number of hydrogen-bond acceptors (Lipinski definition) is 3. The Morgan fingerprint density at radius 2 is 2.08 bits per heavy atom. The van der Waals surface area contributed by atoms with E-state index in [1.54, 1.807) is 25.6 Å². The zero-order valence-electron chi connectivity index (χ0n) is 7.04. The van der Waals surface area contributed by atoms with E-state index in [0.29, 0.717) is 0 Å². The Morgan fingerprint density at radius 1 is 1.42 bits per heavy atom. The first-order valence-corrected chi connectivity index (χ1v) is 5.17. The lowest BCUT2D eigenvalue weighted by Crippen LogP contribution is -2.15. The molecule has 0 aliphatic heterocycles. The van der Waals surface area contributed by atoms with Gasteiger partial charge >= 0.3 is 0 Å². The van der Waals surface area contributed by atoms with Crippen molar-refractivity contribution in [2.45, 2.75) is 12.7 Å². The smallest absolute Gasteiger partial charge is 0.161 e. The minimum absolute atomic E-state index is 0.129. The summed E-state index contributed by atoms with van der Waals surface area (Å²) in [6.07, 6.45) is 0.680. The summed E-state index contributed by atoms with van der Waals surface area (Å²) < 4.78 is 11.3. The lowest BCUT2D eigenvalue weighted by atomic mass is 10.3. The molecule has 0 N–H and O–H groups in total. The highest BCUT2D eigenvalue weighted by Crippen LogP contribution is 2.23. The van der Waals surface area contributed by atoms with Crippen molar-refractivity contribution in [3.8, 4) is 0 Å². The first-order valence-electron chi connectivity index (χ1n) is 3.56. The Hall–Kier alpha value is 0.1000. The molecular formula is C8H11BrO2S. The summed E-state index contributed by atoms with van der Waals surface area (Å²) in [5.41, 5.74) is 0. The van der Waals surface area contributed by atoms with Gasteiger partial charge in [-0.15, -0.1) is 11.3 Å². The maximum Gasteiger partial charge on any atom is 0.161 e. The van der Waals surface area contributed by atoms with Gasteiger partial charge in [0, 0.05) is 25.5 Å². The van der Waals surface area contributed by atoms with E-state index in [0.717, 1.165) is 10.2 Å². The highest BCUT2D eigenvalue weighted by molar-refractivity contribution is 9.11. The molecule has 0 saturated carbocycles. The molecule has 0 atom stereocenters. The Kier molecular flexibility index (Phi) is 4.21. The summed E-state index contributed by atoms with van der Waals surface area (Å²) >= 11 is 5.11. The number of ether oxygens (including phenoxy) is 2. The number of rotatable bonds is 4. The first kappa shape index (κ1) is 10.2. The monoisotopic (exact) mass is 250 g/mol. The Balaban J connectivity index is 2.50. The van der Waals surface area contributed by atoms with Crippen molar-refractivity contribution in [2.75, 3.05) is 14.2 Å². The number of halogens is 1. The molecule has 0 amide bonds. The summed E-state index contributed by atoms with van der Waals surface area (Å²) in [6.45, 7) is 0. The van der Waals surface area contributed by atoms with Crippen molar-refractivity contribution < 1.29 is 9.47 Å². The predicted octanol–water partition coefficient (Wildman–Crippen LogP) is 2.67. The minimum atomic E-state index is -0.129. The van der Waals surface area contributed by atoms with Gasteiger partial charge < -0.3 is 9.47 Å². The van der Waals surface area contributed by atoms with Crippen molar-refractivity contribution in [1.29, 1.82) is 0 Å². The van der Waals surface area contributed by atoms with E-state index >= 15 is 0 Å². The van der Waals surface area contributed by atoms with Crippen LogP contribution in [0.2, 0.25) is 0 Å². The van der Waals surface area contributed by atoms with E-state index in [-0.39, 0.29) is 6.29 Å². The van der Waals surface area contributed by atoms with Gasteiger partial charge in [-0.05, 0) is 28.1 Å². The molecule has 0 spiro atoms. The maximum atomic E-state index is 5.08. The quantitative estimate of drug-likeness (QED) is 0.766. The summed E-state index contributed by atoms with van der Waals surface area (Å²) in [5, 5.41) is 0. The number of thiophene rings is 1. The Morgan fingerprint density at radius 3 is 2.50 bits per heavy atom. The van der Waals surface area contributed by atoms with Crippen molar-refractivity contribution in [1.82, 2.24) is 0 Å². The van der Waals surface area contributed by atoms with E-state index in [9.17, 15) is 0 Å². The molecule has 0 aliphatic carbocycles. The second-order valence-corrected chi connectivity index (χ2v) is 4.86. The summed E-state index contributed by atoms with van der Waals surface area (Å²) in [6, 6.07) is 4.10. The van der Waals surface area contributed by atoms with Crippen LogP contribution in [-0.4, -0.2) is 20.5 Å². The molecule has 12 heavy (non-hydrogen) atoms. The fourth-order valence-electron chi connectivity index (χ4n) is 0.889. The molecule has 1 heterocycles. The van der Waals surface area contributed by atoms with E-state index < -0.39 is 0 Å². The first-order chi connectivity index (χ1) is 5.76. The highest BCUT2D eigenvalue weighted by atomic mass is 79.9.